The van der Waals surface area contributed by atoms with Crippen molar-refractivity contribution in [2.75, 3.05) is 48.0 Å². The molecule has 1 aliphatic heterocycles. The zero-order valence-corrected chi connectivity index (χ0v) is 11.2. The lowest BCUT2D eigenvalue weighted by Crippen LogP contribution is -2.49. The molecule has 1 unspecified atom stereocenters. The van der Waals surface area contributed by atoms with Gasteiger partial charge in [0.2, 0.25) is 0 Å². The van der Waals surface area contributed by atoms with Gasteiger partial charge in [0.1, 0.15) is 13.1 Å². The molecule has 0 aliphatic carbocycles. The van der Waals surface area contributed by atoms with Crippen LogP contribution in [0.25, 0.3) is 0 Å². The standard InChI is InChI=1S/C11H19N4O3/c1-15(2)5-6-18-8(7-15)9-12-10(16-3)14-11(13-9)17-4/h8H,5-7H2,1-4H3/q+1. The summed E-state index contributed by atoms with van der Waals surface area (Å²) < 4.78 is 16.7. The highest BCUT2D eigenvalue weighted by Gasteiger charge is 2.32. The first kappa shape index (κ1) is 13.0. The third kappa shape index (κ3) is 2.85. The van der Waals surface area contributed by atoms with E-state index >= 15 is 0 Å². The lowest BCUT2D eigenvalue weighted by molar-refractivity contribution is -0.902. The number of ether oxygens (including phenoxy) is 3. The number of quaternary nitrogens is 1. The second kappa shape index (κ2) is 5.03. The van der Waals surface area contributed by atoms with Gasteiger partial charge in [-0.3, -0.25) is 0 Å². The van der Waals surface area contributed by atoms with Crippen LogP contribution < -0.4 is 9.47 Å². The van der Waals surface area contributed by atoms with Crippen LogP contribution in [-0.2, 0) is 4.74 Å². The maximum atomic E-state index is 5.72. The molecule has 7 nitrogen and oxygen atoms in total. The average Bonchev–Trinajstić information content (AvgIpc) is 2.37. The molecule has 2 rings (SSSR count). The van der Waals surface area contributed by atoms with Gasteiger partial charge in [-0.15, -0.1) is 4.98 Å². The van der Waals surface area contributed by atoms with Crippen molar-refractivity contribution in [3.05, 3.63) is 5.82 Å². The molecule has 1 saturated heterocycles. The highest BCUT2D eigenvalue weighted by Crippen LogP contribution is 2.23. The van der Waals surface area contributed by atoms with E-state index in [1.807, 2.05) is 0 Å². The Morgan fingerprint density at radius 1 is 1.11 bits per heavy atom. The second-order valence-electron chi connectivity index (χ2n) is 4.87. The Hall–Kier alpha value is -1.47. The van der Waals surface area contributed by atoms with E-state index in [-0.39, 0.29) is 18.1 Å². The first-order chi connectivity index (χ1) is 8.54. The summed E-state index contributed by atoms with van der Waals surface area (Å²) in [5.41, 5.74) is 0. The Morgan fingerprint density at radius 2 is 1.72 bits per heavy atom. The van der Waals surface area contributed by atoms with Crippen molar-refractivity contribution in [3.8, 4) is 12.0 Å². The van der Waals surface area contributed by atoms with Crippen LogP contribution in [0.1, 0.15) is 11.9 Å². The number of morpholine rings is 1. The fourth-order valence-corrected chi connectivity index (χ4v) is 1.87. The number of hydrogen-bond donors (Lipinski definition) is 0. The average molecular weight is 255 g/mol. The molecule has 1 aromatic rings. The maximum absolute atomic E-state index is 5.72. The fraction of sp³-hybridized carbons (Fsp3) is 0.727. The van der Waals surface area contributed by atoms with Crippen LogP contribution in [0, 0.1) is 0 Å². The summed E-state index contributed by atoms with van der Waals surface area (Å²) in [5, 5.41) is 0. The van der Waals surface area contributed by atoms with Gasteiger partial charge in [0.25, 0.3) is 0 Å². The Morgan fingerprint density at radius 3 is 2.22 bits per heavy atom. The highest BCUT2D eigenvalue weighted by atomic mass is 16.5. The molecule has 7 heteroatoms. The Kier molecular flexibility index (Phi) is 3.63. The summed E-state index contributed by atoms with van der Waals surface area (Å²) >= 11 is 0. The van der Waals surface area contributed by atoms with Crippen LogP contribution in [0.2, 0.25) is 0 Å². The van der Waals surface area contributed by atoms with Crippen molar-refractivity contribution in [3.63, 3.8) is 0 Å². The number of likely N-dealkylation sites (N-methyl/N-ethyl adjacent to an activating group) is 1. The zero-order chi connectivity index (χ0) is 13.2. The van der Waals surface area contributed by atoms with Crippen molar-refractivity contribution in [1.82, 2.24) is 15.0 Å². The molecule has 0 amide bonds. The van der Waals surface area contributed by atoms with Crippen molar-refractivity contribution in [1.29, 1.82) is 0 Å². The SMILES string of the molecule is COc1nc(OC)nc(C2C[N+](C)(C)CCO2)n1. The second-order valence-corrected chi connectivity index (χ2v) is 4.87. The molecule has 1 aliphatic rings. The molecule has 2 heterocycles. The summed E-state index contributed by atoms with van der Waals surface area (Å²) in [4.78, 5) is 12.4. The number of aromatic nitrogens is 3. The number of rotatable bonds is 3. The first-order valence-electron chi connectivity index (χ1n) is 5.81. The zero-order valence-electron chi connectivity index (χ0n) is 11.2. The van der Waals surface area contributed by atoms with Crippen LogP contribution in [0.5, 0.6) is 12.0 Å². The van der Waals surface area contributed by atoms with E-state index in [2.05, 4.69) is 29.0 Å². The van der Waals surface area contributed by atoms with Gasteiger partial charge < -0.3 is 18.7 Å². The van der Waals surface area contributed by atoms with Crippen molar-refractivity contribution < 1.29 is 18.7 Å². The van der Waals surface area contributed by atoms with Crippen molar-refractivity contribution in [2.24, 2.45) is 0 Å². The summed E-state index contributed by atoms with van der Waals surface area (Å²) in [7, 11) is 7.34. The minimum Gasteiger partial charge on any atom is -0.467 e. The van der Waals surface area contributed by atoms with Gasteiger partial charge in [0.15, 0.2) is 11.9 Å². The quantitative estimate of drug-likeness (QED) is 0.710. The predicted molar refractivity (Wildman–Crippen MR) is 63.5 cm³/mol. The number of nitrogens with zero attached hydrogens (tertiary/aromatic N) is 4. The normalized spacial score (nSPS) is 22.6. The highest BCUT2D eigenvalue weighted by molar-refractivity contribution is 5.07. The smallest absolute Gasteiger partial charge is 0.322 e. The van der Waals surface area contributed by atoms with Crippen molar-refractivity contribution >= 4 is 0 Å². The molecule has 100 valence electrons. The molecule has 0 N–H and O–H groups in total. The molecule has 0 bridgehead atoms. The molecule has 1 aromatic heterocycles. The molecule has 1 atom stereocenters. The summed E-state index contributed by atoms with van der Waals surface area (Å²) in [6.45, 7) is 2.49. The van der Waals surface area contributed by atoms with E-state index in [9.17, 15) is 0 Å². The fourth-order valence-electron chi connectivity index (χ4n) is 1.87. The van der Waals surface area contributed by atoms with E-state index in [1.54, 1.807) is 0 Å². The number of hydrogen-bond acceptors (Lipinski definition) is 6. The number of methoxy groups -OCH3 is 2. The van der Waals surface area contributed by atoms with Gasteiger partial charge in [-0.1, -0.05) is 0 Å². The van der Waals surface area contributed by atoms with Crippen LogP contribution in [0.3, 0.4) is 0 Å². The Balaban J connectivity index is 2.26. The monoisotopic (exact) mass is 255 g/mol. The molecule has 0 spiro atoms. The van der Waals surface area contributed by atoms with E-state index in [0.29, 0.717) is 12.4 Å². The first-order valence-corrected chi connectivity index (χ1v) is 5.81. The van der Waals surface area contributed by atoms with Crippen LogP contribution in [-0.4, -0.2) is 67.4 Å². The van der Waals surface area contributed by atoms with Gasteiger partial charge in [-0.2, -0.15) is 9.97 Å². The van der Waals surface area contributed by atoms with Crippen LogP contribution in [0.15, 0.2) is 0 Å². The molecule has 18 heavy (non-hydrogen) atoms. The van der Waals surface area contributed by atoms with Crippen LogP contribution >= 0.6 is 0 Å². The third-order valence-electron chi connectivity index (χ3n) is 2.94. The van der Waals surface area contributed by atoms with Crippen LogP contribution in [0.4, 0.5) is 0 Å². The molecular formula is C11H19N4O3+. The van der Waals surface area contributed by atoms with E-state index in [4.69, 9.17) is 14.2 Å². The van der Waals surface area contributed by atoms with Crippen molar-refractivity contribution in [2.45, 2.75) is 6.10 Å². The Bertz CT molecular complexity index is 402. The minimum atomic E-state index is -0.153. The molecule has 0 aromatic carbocycles. The maximum Gasteiger partial charge on any atom is 0.322 e. The minimum absolute atomic E-state index is 0.153. The lowest BCUT2D eigenvalue weighted by Gasteiger charge is -2.37. The largest absolute Gasteiger partial charge is 0.467 e. The van der Waals surface area contributed by atoms with Gasteiger partial charge >= 0.3 is 12.0 Å². The molecule has 1 fully saturated rings. The van der Waals surface area contributed by atoms with Gasteiger partial charge in [-0.05, 0) is 0 Å². The van der Waals surface area contributed by atoms with E-state index in [0.717, 1.165) is 17.6 Å². The molecule has 0 saturated carbocycles. The summed E-state index contributed by atoms with van der Waals surface area (Å²) in [6.07, 6.45) is -0.153. The predicted octanol–water partition coefficient (Wildman–Crippen LogP) is 0.0365. The molecule has 0 radical (unpaired) electrons. The van der Waals surface area contributed by atoms with Gasteiger partial charge in [0, 0.05) is 0 Å². The van der Waals surface area contributed by atoms with E-state index < -0.39 is 0 Å². The summed E-state index contributed by atoms with van der Waals surface area (Å²) in [5.74, 6) is 0.560. The summed E-state index contributed by atoms with van der Waals surface area (Å²) in [6, 6.07) is 0.493. The Labute approximate surface area is 106 Å². The van der Waals surface area contributed by atoms with Gasteiger partial charge in [-0.25, -0.2) is 0 Å². The topological polar surface area (TPSA) is 66.4 Å². The lowest BCUT2D eigenvalue weighted by atomic mass is 10.2. The third-order valence-corrected chi connectivity index (χ3v) is 2.94. The molecular weight excluding hydrogens is 236 g/mol. The van der Waals surface area contributed by atoms with Gasteiger partial charge in [0.05, 0.1) is 34.9 Å². The van der Waals surface area contributed by atoms with E-state index in [1.165, 1.54) is 14.2 Å².